The van der Waals surface area contributed by atoms with Crippen molar-refractivity contribution in [3.05, 3.63) is 39.4 Å². The molecule has 2 N–H and O–H groups in total. The zero-order valence-corrected chi connectivity index (χ0v) is 16.4. The van der Waals surface area contributed by atoms with Gasteiger partial charge in [-0.15, -0.1) is 0 Å². The molecule has 0 radical (unpaired) electrons. The number of non-ortho nitro benzene ring substituents is 1. The van der Waals surface area contributed by atoms with Gasteiger partial charge >= 0.3 is 0 Å². The monoisotopic (exact) mass is 404 g/mol. The van der Waals surface area contributed by atoms with Gasteiger partial charge in [-0.2, -0.15) is 0 Å². The van der Waals surface area contributed by atoms with Crippen molar-refractivity contribution in [3.8, 4) is 0 Å². The van der Waals surface area contributed by atoms with Crippen LogP contribution in [0.1, 0.15) is 53.8 Å². The second-order valence-electron chi connectivity index (χ2n) is 7.15. The van der Waals surface area contributed by atoms with Crippen molar-refractivity contribution in [2.75, 3.05) is 19.6 Å². The number of nitro groups is 1. The van der Waals surface area contributed by atoms with Gasteiger partial charge in [0.1, 0.15) is 0 Å². The minimum absolute atomic E-state index is 0.00536. The van der Waals surface area contributed by atoms with Gasteiger partial charge in [0.15, 0.2) is 0 Å². The lowest BCUT2D eigenvalue weighted by Gasteiger charge is -2.13. The molecule has 1 aromatic rings. The minimum atomic E-state index is -0.629. The Morgan fingerprint density at radius 1 is 1.07 bits per heavy atom. The van der Waals surface area contributed by atoms with Gasteiger partial charge in [0.25, 0.3) is 17.5 Å². The molecule has 1 aliphatic heterocycles. The summed E-state index contributed by atoms with van der Waals surface area (Å²) in [5.74, 6) is -1.18. The van der Waals surface area contributed by atoms with E-state index in [0.717, 1.165) is 11.0 Å². The molecule has 29 heavy (non-hydrogen) atoms. The molecule has 2 rings (SSSR count). The average Bonchev–Trinajstić information content (AvgIpc) is 2.89. The lowest BCUT2D eigenvalue weighted by molar-refractivity contribution is -0.384. The Bertz CT molecular complexity index is 836. The van der Waals surface area contributed by atoms with E-state index in [9.17, 15) is 29.3 Å². The zero-order valence-electron chi connectivity index (χ0n) is 16.4. The highest BCUT2D eigenvalue weighted by atomic mass is 16.6. The van der Waals surface area contributed by atoms with Crippen molar-refractivity contribution < 1.29 is 24.1 Å². The lowest BCUT2D eigenvalue weighted by Crippen LogP contribution is -2.35. The molecule has 0 saturated heterocycles. The first-order valence-electron chi connectivity index (χ1n) is 9.38. The van der Waals surface area contributed by atoms with Crippen molar-refractivity contribution in [2.45, 2.75) is 33.1 Å². The van der Waals surface area contributed by atoms with E-state index in [1.807, 2.05) is 13.8 Å². The van der Waals surface area contributed by atoms with E-state index in [0.29, 0.717) is 19.5 Å². The smallest absolute Gasteiger partial charge is 0.270 e. The fourth-order valence-corrected chi connectivity index (χ4v) is 2.93. The molecule has 0 bridgehead atoms. The van der Waals surface area contributed by atoms with Gasteiger partial charge in [-0.3, -0.25) is 34.2 Å². The van der Waals surface area contributed by atoms with Crippen LogP contribution in [0.2, 0.25) is 0 Å². The largest absolute Gasteiger partial charge is 0.354 e. The maximum absolute atomic E-state index is 12.4. The maximum atomic E-state index is 12.4. The summed E-state index contributed by atoms with van der Waals surface area (Å²) in [6, 6.07) is 3.55. The third-order valence-corrected chi connectivity index (χ3v) is 4.31. The van der Waals surface area contributed by atoms with E-state index in [1.165, 1.54) is 12.1 Å². The zero-order chi connectivity index (χ0) is 21.6. The summed E-state index contributed by atoms with van der Waals surface area (Å²) in [6.45, 7) is 4.54. The van der Waals surface area contributed by atoms with Gasteiger partial charge in [0.05, 0.1) is 16.1 Å². The van der Waals surface area contributed by atoms with Crippen molar-refractivity contribution in [1.29, 1.82) is 0 Å². The van der Waals surface area contributed by atoms with Crippen molar-refractivity contribution in [1.82, 2.24) is 15.5 Å². The Balaban J connectivity index is 1.74. The van der Waals surface area contributed by atoms with Crippen LogP contribution in [0.3, 0.4) is 0 Å². The molecular weight excluding hydrogens is 380 g/mol. The van der Waals surface area contributed by atoms with E-state index in [2.05, 4.69) is 10.6 Å². The number of fused-ring (bicyclic) bond motifs is 1. The first kappa shape index (κ1) is 22.0. The Kier molecular flexibility index (Phi) is 7.40. The highest BCUT2D eigenvalue weighted by molar-refractivity contribution is 6.21. The first-order valence-corrected chi connectivity index (χ1v) is 9.38. The molecule has 0 aromatic heterocycles. The van der Waals surface area contributed by atoms with Crippen LogP contribution < -0.4 is 10.6 Å². The van der Waals surface area contributed by atoms with Gasteiger partial charge in [-0.05, 0) is 18.4 Å². The second-order valence-corrected chi connectivity index (χ2v) is 7.15. The van der Waals surface area contributed by atoms with Crippen LogP contribution in [0.4, 0.5) is 5.69 Å². The summed E-state index contributed by atoms with van der Waals surface area (Å²) in [4.78, 5) is 59.2. The molecule has 10 heteroatoms. The van der Waals surface area contributed by atoms with Crippen LogP contribution >= 0.6 is 0 Å². The molecule has 0 saturated carbocycles. The standard InChI is InChI=1S/C19H24N4O6/c1-12(2)10-17(25)21-8-7-20-16(24)4-3-9-22-18(26)14-6-5-13(23(28)29)11-15(14)19(22)27/h5-6,11-12H,3-4,7-10H2,1-2H3,(H,20,24)(H,21,25). The fourth-order valence-electron chi connectivity index (χ4n) is 2.93. The van der Waals surface area contributed by atoms with Crippen LogP contribution in [-0.2, 0) is 9.59 Å². The van der Waals surface area contributed by atoms with E-state index >= 15 is 0 Å². The lowest BCUT2D eigenvalue weighted by atomic mass is 10.1. The normalized spacial score (nSPS) is 12.9. The minimum Gasteiger partial charge on any atom is -0.354 e. The topological polar surface area (TPSA) is 139 Å². The molecule has 4 amide bonds. The molecule has 0 spiro atoms. The number of hydrogen-bond acceptors (Lipinski definition) is 6. The van der Waals surface area contributed by atoms with E-state index in [-0.39, 0.29) is 53.9 Å². The Morgan fingerprint density at radius 2 is 1.69 bits per heavy atom. The quantitative estimate of drug-likeness (QED) is 0.260. The first-order chi connectivity index (χ1) is 13.7. The number of carbonyl (C=O) groups is 4. The van der Waals surface area contributed by atoms with Crippen LogP contribution in [0, 0.1) is 16.0 Å². The summed E-state index contributed by atoms with van der Waals surface area (Å²) >= 11 is 0. The maximum Gasteiger partial charge on any atom is 0.270 e. The number of amides is 4. The number of nitro benzene ring substituents is 1. The Labute approximate surface area is 167 Å². The van der Waals surface area contributed by atoms with Crippen LogP contribution in [0.15, 0.2) is 18.2 Å². The SMILES string of the molecule is CC(C)CC(=O)NCCNC(=O)CCCN1C(=O)c2ccc([N+](=O)[O-])cc2C1=O. The summed E-state index contributed by atoms with van der Waals surface area (Å²) in [5, 5.41) is 16.2. The highest BCUT2D eigenvalue weighted by Gasteiger charge is 2.36. The number of nitrogens with one attached hydrogen (secondary N) is 2. The molecule has 0 aliphatic carbocycles. The summed E-state index contributed by atoms with van der Waals surface area (Å²) in [5.41, 5.74) is -0.125. The van der Waals surface area contributed by atoms with Crippen molar-refractivity contribution >= 4 is 29.3 Å². The number of imide groups is 1. The molecular formula is C19H24N4O6. The third-order valence-electron chi connectivity index (χ3n) is 4.31. The third kappa shape index (κ3) is 5.84. The number of carbonyl (C=O) groups excluding carboxylic acids is 4. The molecule has 1 heterocycles. The molecule has 10 nitrogen and oxygen atoms in total. The summed E-state index contributed by atoms with van der Waals surface area (Å²) < 4.78 is 0. The van der Waals surface area contributed by atoms with Gasteiger partial charge in [0, 0.05) is 44.6 Å². The number of benzene rings is 1. The fraction of sp³-hybridized carbons (Fsp3) is 0.474. The van der Waals surface area contributed by atoms with Gasteiger partial charge in [-0.25, -0.2) is 0 Å². The van der Waals surface area contributed by atoms with Gasteiger partial charge in [-0.1, -0.05) is 13.8 Å². The molecule has 1 aromatic carbocycles. The van der Waals surface area contributed by atoms with E-state index in [1.54, 1.807) is 0 Å². The van der Waals surface area contributed by atoms with Gasteiger partial charge < -0.3 is 10.6 Å². The summed E-state index contributed by atoms with van der Waals surface area (Å²) in [7, 11) is 0. The predicted octanol–water partition coefficient (Wildman–Crippen LogP) is 1.25. The second kappa shape index (κ2) is 9.76. The average molecular weight is 404 g/mol. The number of nitrogens with zero attached hydrogens (tertiary/aromatic N) is 2. The highest BCUT2D eigenvalue weighted by Crippen LogP contribution is 2.26. The van der Waals surface area contributed by atoms with Crippen LogP contribution in [-0.4, -0.2) is 53.1 Å². The van der Waals surface area contributed by atoms with E-state index in [4.69, 9.17) is 0 Å². The van der Waals surface area contributed by atoms with Crippen molar-refractivity contribution in [2.24, 2.45) is 5.92 Å². The van der Waals surface area contributed by atoms with E-state index < -0.39 is 16.7 Å². The molecule has 0 atom stereocenters. The van der Waals surface area contributed by atoms with Gasteiger partial charge in [0.2, 0.25) is 11.8 Å². The molecule has 0 fully saturated rings. The Hall–Kier alpha value is -3.30. The number of hydrogen-bond donors (Lipinski definition) is 2. The Morgan fingerprint density at radius 3 is 2.31 bits per heavy atom. The molecule has 1 aliphatic rings. The van der Waals surface area contributed by atoms with Crippen LogP contribution in [0.25, 0.3) is 0 Å². The summed E-state index contributed by atoms with van der Waals surface area (Å²) in [6.07, 6.45) is 0.796. The van der Waals surface area contributed by atoms with Crippen molar-refractivity contribution in [3.63, 3.8) is 0 Å². The van der Waals surface area contributed by atoms with Crippen LogP contribution in [0.5, 0.6) is 0 Å². The molecule has 0 unspecified atom stereocenters. The number of rotatable bonds is 10. The molecule has 156 valence electrons. The predicted molar refractivity (Wildman–Crippen MR) is 103 cm³/mol.